The van der Waals surface area contributed by atoms with Gasteiger partial charge in [-0.15, -0.1) is 0 Å². The van der Waals surface area contributed by atoms with E-state index in [9.17, 15) is 4.79 Å². The molecule has 3 rings (SSSR count). The summed E-state index contributed by atoms with van der Waals surface area (Å²) in [7, 11) is 0. The van der Waals surface area contributed by atoms with Crippen LogP contribution in [0.5, 0.6) is 17.2 Å². The number of esters is 1. The normalized spacial score (nSPS) is 12.0. The van der Waals surface area contributed by atoms with Gasteiger partial charge in [0.25, 0.3) is 0 Å². The Bertz CT molecular complexity index is 681. The van der Waals surface area contributed by atoms with Crippen LogP contribution in [0.25, 0.3) is 0 Å². The predicted octanol–water partition coefficient (Wildman–Crippen LogP) is 2.63. The summed E-state index contributed by atoms with van der Waals surface area (Å²) in [5.41, 5.74) is 1.05. The van der Waals surface area contributed by atoms with E-state index in [2.05, 4.69) is 0 Å². The molecule has 5 heteroatoms. The van der Waals surface area contributed by atoms with Crippen LogP contribution in [0.4, 0.5) is 0 Å². The van der Waals surface area contributed by atoms with Crippen LogP contribution in [0.3, 0.4) is 0 Å². The fourth-order valence-electron chi connectivity index (χ4n) is 1.86. The lowest BCUT2D eigenvalue weighted by molar-refractivity contribution is 0.0734. The van der Waals surface area contributed by atoms with Gasteiger partial charge in [-0.2, -0.15) is 0 Å². The number of ether oxygens (including phenoxy) is 3. The molecule has 0 atom stereocenters. The highest BCUT2D eigenvalue weighted by Gasteiger charge is 2.17. The molecule has 0 spiro atoms. The third-order valence-corrected chi connectivity index (χ3v) is 2.84. The Balaban J connectivity index is 1.80. The monoisotopic (exact) mass is 269 g/mol. The van der Waals surface area contributed by atoms with E-state index in [0.717, 1.165) is 0 Å². The van der Waals surface area contributed by atoms with E-state index in [0.29, 0.717) is 28.4 Å². The molecular weight excluding hydrogens is 258 g/mol. The highest BCUT2D eigenvalue weighted by atomic mass is 16.7. The number of hydrogen-bond donors (Lipinski definition) is 1. The average Bonchev–Trinajstić information content (AvgIpc) is 2.94. The Hall–Kier alpha value is -2.82. The van der Waals surface area contributed by atoms with Gasteiger partial charge >= 0.3 is 5.97 Å². The van der Waals surface area contributed by atoms with Crippen molar-refractivity contribution in [3.8, 4) is 17.2 Å². The fourth-order valence-corrected chi connectivity index (χ4v) is 1.86. The molecule has 0 aliphatic carbocycles. The molecule has 1 heterocycles. The minimum atomic E-state index is -0.481. The molecule has 0 aromatic heterocycles. The highest BCUT2D eigenvalue weighted by Crippen LogP contribution is 2.32. The van der Waals surface area contributed by atoms with Crippen LogP contribution in [0, 0.1) is 5.41 Å². The first-order valence-electron chi connectivity index (χ1n) is 5.98. The zero-order valence-electron chi connectivity index (χ0n) is 10.5. The Morgan fingerprint density at radius 1 is 1.15 bits per heavy atom. The molecule has 1 aliphatic heterocycles. The van der Waals surface area contributed by atoms with E-state index in [1.54, 1.807) is 42.5 Å². The van der Waals surface area contributed by atoms with Gasteiger partial charge < -0.3 is 19.6 Å². The van der Waals surface area contributed by atoms with E-state index < -0.39 is 5.97 Å². The summed E-state index contributed by atoms with van der Waals surface area (Å²) in [4.78, 5) is 12.0. The van der Waals surface area contributed by atoms with Crippen molar-refractivity contribution in [1.82, 2.24) is 0 Å². The van der Waals surface area contributed by atoms with Crippen molar-refractivity contribution >= 4 is 12.2 Å². The van der Waals surface area contributed by atoms with Crippen molar-refractivity contribution in [2.24, 2.45) is 0 Å². The number of fused-ring (bicyclic) bond motifs is 1. The molecule has 2 aromatic carbocycles. The summed E-state index contributed by atoms with van der Waals surface area (Å²) < 4.78 is 15.7. The maximum Gasteiger partial charge on any atom is 0.343 e. The summed E-state index contributed by atoms with van der Waals surface area (Å²) in [6.07, 6.45) is 1.19. The first-order chi connectivity index (χ1) is 9.76. The number of carbonyl (C=O) groups excluding carboxylic acids is 1. The lowest BCUT2D eigenvalue weighted by Crippen LogP contribution is -2.08. The van der Waals surface area contributed by atoms with Crippen molar-refractivity contribution in [1.29, 1.82) is 5.41 Å². The predicted molar refractivity (Wildman–Crippen MR) is 71.9 cm³/mol. The molecule has 5 nitrogen and oxygen atoms in total. The highest BCUT2D eigenvalue weighted by molar-refractivity contribution is 5.92. The quantitative estimate of drug-likeness (QED) is 0.528. The first kappa shape index (κ1) is 12.2. The minimum Gasteiger partial charge on any atom is -0.454 e. The largest absolute Gasteiger partial charge is 0.454 e. The minimum absolute atomic E-state index is 0.162. The van der Waals surface area contributed by atoms with E-state index in [1.165, 1.54) is 6.21 Å². The molecule has 0 saturated carbocycles. The van der Waals surface area contributed by atoms with Crippen molar-refractivity contribution in [3.05, 3.63) is 53.6 Å². The van der Waals surface area contributed by atoms with E-state index >= 15 is 0 Å². The lowest BCUT2D eigenvalue weighted by Gasteiger charge is -2.05. The number of nitrogens with one attached hydrogen (secondary N) is 1. The van der Waals surface area contributed by atoms with Crippen LogP contribution in [0.2, 0.25) is 0 Å². The van der Waals surface area contributed by atoms with Gasteiger partial charge in [-0.05, 0) is 35.9 Å². The van der Waals surface area contributed by atoms with Gasteiger partial charge in [0.2, 0.25) is 6.79 Å². The number of benzene rings is 2. The summed E-state index contributed by atoms with van der Waals surface area (Å²) in [6, 6.07) is 11.7. The molecule has 0 unspecified atom stereocenters. The average molecular weight is 269 g/mol. The Kier molecular flexibility index (Phi) is 3.09. The van der Waals surface area contributed by atoms with Crippen LogP contribution in [0.15, 0.2) is 42.5 Å². The van der Waals surface area contributed by atoms with E-state index in [4.69, 9.17) is 19.6 Å². The molecule has 1 N–H and O–H groups in total. The van der Waals surface area contributed by atoms with Gasteiger partial charge in [0, 0.05) is 6.21 Å². The third-order valence-electron chi connectivity index (χ3n) is 2.84. The van der Waals surface area contributed by atoms with Crippen LogP contribution in [0.1, 0.15) is 15.9 Å². The van der Waals surface area contributed by atoms with Crippen molar-refractivity contribution < 1.29 is 19.0 Å². The van der Waals surface area contributed by atoms with Gasteiger partial charge in [0.05, 0.1) is 5.56 Å². The van der Waals surface area contributed by atoms with Crippen molar-refractivity contribution in [2.45, 2.75) is 0 Å². The molecule has 0 bridgehead atoms. The zero-order chi connectivity index (χ0) is 13.9. The summed E-state index contributed by atoms with van der Waals surface area (Å²) in [5.74, 6) is 1.07. The van der Waals surface area contributed by atoms with Crippen molar-refractivity contribution in [2.75, 3.05) is 6.79 Å². The number of carbonyl (C=O) groups is 1. The van der Waals surface area contributed by atoms with E-state index in [-0.39, 0.29) is 6.79 Å². The molecular formula is C15H11NO4. The van der Waals surface area contributed by atoms with Gasteiger partial charge in [0.15, 0.2) is 11.5 Å². The van der Waals surface area contributed by atoms with Gasteiger partial charge in [0.1, 0.15) is 5.75 Å². The molecule has 20 heavy (non-hydrogen) atoms. The Labute approximate surface area is 115 Å². The van der Waals surface area contributed by atoms with Crippen LogP contribution >= 0.6 is 0 Å². The molecule has 2 aromatic rings. The zero-order valence-corrected chi connectivity index (χ0v) is 10.5. The SMILES string of the molecule is N=Cc1cccc(OC(=O)c2ccc3c(c2)OCO3)c1. The second-order valence-electron chi connectivity index (χ2n) is 4.17. The smallest absolute Gasteiger partial charge is 0.343 e. The maximum atomic E-state index is 12.0. The second kappa shape index (κ2) is 5.05. The third kappa shape index (κ3) is 2.33. The molecule has 0 fully saturated rings. The molecule has 1 aliphatic rings. The Morgan fingerprint density at radius 2 is 2.00 bits per heavy atom. The van der Waals surface area contributed by atoms with Gasteiger partial charge in [-0.3, -0.25) is 0 Å². The maximum absolute atomic E-state index is 12.0. The van der Waals surface area contributed by atoms with Gasteiger partial charge in [-0.1, -0.05) is 12.1 Å². The fraction of sp³-hybridized carbons (Fsp3) is 0.0667. The standard InChI is InChI=1S/C15H11NO4/c16-8-10-2-1-3-12(6-10)20-15(17)11-4-5-13-14(7-11)19-9-18-13/h1-8,16H,9H2. The number of rotatable bonds is 3. The summed E-state index contributed by atoms with van der Waals surface area (Å²) in [6.45, 7) is 0.162. The molecule has 0 amide bonds. The van der Waals surface area contributed by atoms with Crippen LogP contribution in [-0.4, -0.2) is 19.0 Å². The Morgan fingerprint density at radius 3 is 2.85 bits per heavy atom. The molecule has 0 saturated heterocycles. The lowest BCUT2D eigenvalue weighted by atomic mass is 10.2. The first-order valence-corrected chi connectivity index (χ1v) is 5.98. The van der Waals surface area contributed by atoms with Crippen LogP contribution < -0.4 is 14.2 Å². The molecule has 100 valence electrons. The second-order valence-corrected chi connectivity index (χ2v) is 4.17. The van der Waals surface area contributed by atoms with Crippen molar-refractivity contribution in [3.63, 3.8) is 0 Å². The van der Waals surface area contributed by atoms with E-state index in [1.807, 2.05) is 0 Å². The summed E-state index contributed by atoms with van der Waals surface area (Å²) in [5, 5.41) is 7.17. The van der Waals surface area contributed by atoms with Crippen LogP contribution in [-0.2, 0) is 0 Å². The summed E-state index contributed by atoms with van der Waals surface area (Å²) >= 11 is 0. The molecule has 0 radical (unpaired) electrons. The number of hydrogen-bond acceptors (Lipinski definition) is 5. The van der Waals surface area contributed by atoms with Gasteiger partial charge in [-0.25, -0.2) is 4.79 Å². The topological polar surface area (TPSA) is 68.6 Å².